The maximum Gasteiger partial charge on any atom is 0.434 e. The average Bonchev–Trinajstić information content (AvgIpc) is 2.94. The van der Waals surface area contributed by atoms with Crippen LogP contribution >= 0.6 is 11.6 Å². The summed E-state index contributed by atoms with van der Waals surface area (Å²) in [5.41, 5.74) is 1.57. The van der Waals surface area contributed by atoms with Crippen LogP contribution in [-0.2, 0) is 25.7 Å². The van der Waals surface area contributed by atoms with Crippen molar-refractivity contribution in [3.8, 4) is 0 Å². The van der Waals surface area contributed by atoms with Crippen LogP contribution in [-0.4, -0.2) is 47.9 Å². The molecule has 0 spiro atoms. The van der Waals surface area contributed by atoms with Gasteiger partial charge in [-0.05, 0) is 54.9 Å². The molecule has 3 amide bonds. The lowest BCUT2D eigenvalue weighted by molar-refractivity contribution is -0.128. The number of nitrogens with one attached hydrogen (secondary N) is 1. The number of benzene rings is 1. The summed E-state index contributed by atoms with van der Waals surface area (Å²) in [5, 5.41) is 3.18. The minimum Gasteiger partial charge on any atom is -0.443 e. The monoisotopic (exact) mass is 555 g/mol. The van der Waals surface area contributed by atoms with Crippen molar-refractivity contribution in [2.24, 2.45) is 16.8 Å². The van der Waals surface area contributed by atoms with Gasteiger partial charge < -0.3 is 19.7 Å². The van der Waals surface area contributed by atoms with E-state index in [0.717, 1.165) is 44.2 Å². The molecular formula is C30H38ClN3O5. The SMILES string of the molecule is CC1C=CC(N(C)C(=O)CC[C@@H](C=O)NC(=O)/C(CC2CCCCC2)=N/C(=O)OCc2cccc(Cl)c2)=CC1. The molecule has 39 heavy (non-hydrogen) atoms. The minimum absolute atomic E-state index is 0.0294. The summed E-state index contributed by atoms with van der Waals surface area (Å²) in [4.78, 5) is 55.7. The van der Waals surface area contributed by atoms with Gasteiger partial charge in [0.05, 0.1) is 6.04 Å². The topological polar surface area (TPSA) is 105 Å². The summed E-state index contributed by atoms with van der Waals surface area (Å²) in [6, 6.07) is 6.04. The van der Waals surface area contributed by atoms with Crippen LogP contribution in [0.5, 0.6) is 0 Å². The number of carbonyl (C=O) groups is 4. The number of hydrogen-bond donors (Lipinski definition) is 1. The molecule has 1 fully saturated rings. The van der Waals surface area contributed by atoms with E-state index in [0.29, 0.717) is 29.2 Å². The zero-order valence-corrected chi connectivity index (χ0v) is 23.5. The second-order valence-corrected chi connectivity index (χ2v) is 10.8. The van der Waals surface area contributed by atoms with E-state index in [1.54, 1.807) is 36.2 Å². The van der Waals surface area contributed by atoms with Gasteiger partial charge in [0.25, 0.3) is 5.91 Å². The van der Waals surface area contributed by atoms with Crippen molar-refractivity contribution in [3.63, 3.8) is 0 Å². The molecule has 1 N–H and O–H groups in total. The Balaban J connectivity index is 1.60. The maximum absolute atomic E-state index is 13.2. The Morgan fingerprint density at radius 1 is 1.23 bits per heavy atom. The molecule has 2 aliphatic rings. The largest absolute Gasteiger partial charge is 0.443 e. The molecule has 2 atom stereocenters. The van der Waals surface area contributed by atoms with Crippen molar-refractivity contribution in [2.75, 3.05) is 7.05 Å². The third-order valence-corrected chi connectivity index (χ3v) is 7.39. The molecule has 210 valence electrons. The molecule has 1 unspecified atom stereocenters. The smallest absolute Gasteiger partial charge is 0.434 e. The zero-order valence-electron chi connectivity index (χ0n) is 22.7. The second-order valence-electron chi connectivity index (χ2n) is 10.4. The van der Waals surface area contributed by atoms with Crippen LogP contribution in [0, 0.1) is 11.8 Å². The summed E-state index contributed by atoms with van der Waals surface area (Å²) < 4.78 is 5.26. The fraction of sp³-hybridized carbons (Fsp3) is 0.500. The molecule has 0 bridgehead atoms. The standard InChI is InChI=1S/C30H38ClN3O5/c1-21-11-14-26(15-12-21)34(2)28(36)16-13-25(19-35)32-29(37)27(18-22-7-4-3-5-8-22)33-30(38)39-20-23-9-6-10-24(31)17-23/h6,9-11,14-15,17,19,21-22,25H,3-5,7-8,12-13,16,18,20H2,1-2H3,(H,32,37)/b33-27+/t21?,25-/m0/s1. The first-order chi connectivity index (χ1) is 18.7. The van der Waals surface area contributed by atoms with Crippen molar-refractivity contribution in [3.05, 3.63) is 58.8 Å². The van der Waals surface area contributed by atoms with Gasteiger partial charge in [-0.2, -0.15) is 4.99 Å². The lowest BCUT2D eigenvalue weighted by Crippen LogP contribution is -2.42. The summed E-state index contributed by atoms with van der Waals surface area (Å²) in [6.07, 6.45) is 12.3. The number of likely N-dealkylation sites (N-methyl/N-ethyl adjacent to an activating group) is 1. The number of amides is 3. The summed E-state index contributed by atoms with van der Waals surface area (Å²) in [7, 11) is 1.70. The van der Waals surface area contributed by atoms with Gasteiger partial charge in [0.15, 0.2) is 0 Å². The van der Waals surface area contributed by atoms with E-state index in [-0.39, 0.29) is 37.0 Å². The first kappa shape index (κ1) is 30.3. The number of allylic oxidation sites excluding steroid dienone is 3. The van der Waals surface area contributed by atoms with Crippen LogP contribution < -0.4 is 5.32 Å². The highest BCUT2D eigenvalue weighted by atomic mass is 35.5. The van der Waals surface area contributed by atoms with Crippen molar-refractivity contribution < 1.29 is 23.9 Å². The van der Waals surface area contributed by atoms with E-state index in [2.05, 4.69) is 23.3 Å². The van der Waals surface area contributed by atoms with Crippen molar-refractivity contribution in [1.82, 2.24) is 10.2 Å². The predicted molar refractivity (Wildman–Crippen MR) is 151 cm³/mol. The molecule has 2 aliphatic carbocycles. The quantitative estimate of drug-likeness (QED) is 0.275. The first-order valence-electron chi connectivity index (χ1n) is 13.6. The number of hydrogen-bond acceptors (Lipinski definition) is 5. The maximum atomic E-state index is 13.2. The van der Waals surface area contributed by atoms with Crippen molar-refractivity contribution in [1.29, 1.82) is 0 Å². The molecule has 0 radical (unpaired) electrons. The van der Waals surface area contributed by atoms with Gasteiger partial charge in [-0.25, -0.2) is 4.79 Å². The van der Waals surface area contributed by atoms with Gasteiger partial charge in [0, 0.05) is 24.2 Å². The molecule has 8 nitrogen and oxygen atoms in total. The Hall–Kier alpha value is -3.26. The molecule has 9 heteroatoms. The average molecular weight is 556 g/mol. The van der Waals surface area contributed by atoms with Crippen LogP contribution in [0.4, 0.5) is 4.79 Å². The Labute approximate surface area is 235 Å². The molecule has 0 aliphatic heterocycles. The van der Waals surface area contributed by atoms with Gasteiger partial charge >= 0.3 is 6.09 Å². The summed E-state index contributed by atoms with van der Waals surface area (Å²) in [5.74, 6) is -0.0775. The summed E-state index contributed by atoms with van der Waals surface area (Å²) >= 11 is 5.98. The Morgan fingerprint density at radius 3 is 2.67 bits per heavy atom. The highest BCUT2D eigenvalue weighted by molar-refractivity contribution is 6.40. The second kappa shape index (κ2) is 15.4. The number of nitrogens with zero attached hydrogens (tertiary/aromatic N) is 2. The van der Waals surface area contributed by atoms with Gasteiger partial charge in [0.1, 0.15) is 18.6 Å². The van der Waals surface area contributed by atoms with E-state index >= 15 is 0 Å². The Bertz CT molecular complexity index is 1120. The van der Waals surface area contributed by atoms with Crippen LogP contribution in [0.15, 0.2) is 53.2 Å². The minimum atomic E-state index is -0.884. The third kappa shape index (κ3) is 10.1. The molecule has 0 aromatic heterocycles. The molecule has 1 aromatic rings. The number of ether oxygens (including phenoxy) is 1. The van der Waals surface area contributed by atoms with Gasteiger partial charge in [-0.3, -0.25) is 9.59 Å². The van der Waals surface area contributed by atoms with E-state index < -0.39 is 18.0 Å². The Kier molecular flexibility index (Phi) is 11.9. The summed E-state index contributed by atoms with van der Waals surface area (Å²) in [6.45, 7) is 2.08. The molecular weight excluding hydrogens is 518 g/mol. The normalized spacial score (nSPS) is 18.6. The van der Waals surface area contributed by atoms with Gasteiger partial charge in [-0.1, -0.05) is 74.9 Å². The lowest BCUT2D eigenvalue weighted by Gasteiger charge is -2.23. The van der Waals surface area contributed by atoms with E-state index in [1.165, 1.54) is 0 Å². The number of aldehydes is 1. The third-order valence-electron chi connectivity index (χ3n) is 7.15. The van der Waals surface area contributed by atoms with E-state index in [1.807, 2.05) is 12.2 Å². The first-order valence-corrected chi connectivity index (χ1v) is 14.0. The number of aliphatic imine (C=N–C) groups is 1. The van der Waals surface area contributed by atoms with Gasteiger partial charge in [-0.15, -0.1) is 0 Å². The van der Waals surface area contributed by atoms with Crippen LogP contribution in [0.2, 0.25) is 5.02 Å². The molecule has 1 saturated carbocycles. The molecule has 1 aromatic carbocycles. The highest BCUT2D eigenvalue weighted by Gasteiger charge is 2.24. The molecule has 3 rings (SSSR count). The van der Waals surface area contributed by atoms with Crippen LogP contribution in [0.1, 0.15) is 70.3 Å². The molecule has 0 heterocycles. The fourth-order valence-electron chi connectivity index (χ4n) is 4.75. The van der Waals surface area contributed by atoms with Crippen molar-refractivity contribution >= 4 is 41.5 Å². The van der Waals surface area contributed by atoms with Crippen LogP contribution in [0.25, 0.3) is 0 Å². The molecule has 0 saturated heterocycles. The van der Waals surface area contributed by atoms with Crippen molar-refractivity contribution in [2.45, 2.75) is 77.4 Å². The zero-order chi connectivity index (χ0) is 28.2. The Morgan fingerprint density at radius 2 is 2.00 bits per heavy atom. The predicted octanol–water partition coefficient (Wildman–Crippen LogP) is 5.79. The van der Waals surface area contributed by atoms with E-state index in [9.17, 15) is 19.2 Å². The number of carbonyl (C=O) groups excluding carboxylic acids is 4. The number of rotatable bonds is 11. The lowest BCUT2D eigenvalue weighted by atomic mass is 9.85. The fourth-order valence-corrected chi connectivity index (χ4v) is 4.96. The van der Waals surface area contributed by atoms with Gasteiger partial charge in [0.2, 0.25) is 5.91 Å². The highest BCUT2D eigenvalue weighted by Crippen LogP contribution is 2.27. The number of halogens is 1. The van der Waals surface area contributed by atoms with E-state index in [4.69, 9.17) is 16.3 Å². The van der Waals surface area contributed by atoms with Crippen LogP contribution in [0.3, 0.4) is 0 Å².